The minimum absolute atomic E-state index is 0.00511. The Kier molecular flexibility index (Phi) is 9.81. The van der Waals surface area contributed by atoms with E-state index in [1.165, 1.54) is 12.8 Å². The Hall–Kier alpha value is -5.72. The summed E-state index contributed by atoms with van der Waals surface area (Å²) in [5, 5.41) is 26.0. The fraction of sp³-hybridized carbons (Fsp3) is 0.300. The van der Waals surface area contributed by atoms with Gasteiger partial charge in [-0.1, -0.05) is 59.7 Å². The van der Waals surface area contributed by atoms with Crippen LogP contribution in [0, 0.1) is 0 Å². The van der Waals surface area contributed by atoms with Gasteiger partial charge in [0.15, 0.2) is 0 Å². The van der Waals surface area contributed by atoms with Gasteiger partial charge in [0, 0.05) is 22.5 Å². The van der Waals surface area contributed by atoms with Crippen molar-refractivity contribution >= 4 is 34.0 Å². The van der Waals surface area contributed by atoms with Gasteiger partial charge in [0.1, 0.15) is 11.4 Å². The molecule has 4 heterocycles. The van der Waals surface area contributed by atoms with Gasteiger partial charge in [-0.15, -0.1) is 10.2 Å². The van der Waals surface area contributed by atoms with E-state index in [9.17, 15) is 9.59 Å². The zero-order chi connectivity index (χ0) is 35.3. The predicted molar refractivity (Wildman–Crippen MR) is 202 cm³/mol. The van der Waals surface area contributed by atoms with Gasteiger partial charge >= 0.3 is 0 Å². The number of aromatic nitrogens is 6. The van der Waals surface area contributed by atoms with Crippen LogP contribution in [-0.4, -0.2) is 90.9 Å². The molecule has 2 aliphatic rings. The number of nitrogens with zero attached hydrogens (tertiary/aromatic N) is 8. The van der Waals surface area contributed by atoms with Crippen LogP contribution >= 0.6 is 0 Å². The number of piperidine rings is 2. The van der Waals surface area contributed by atoms with Crippen LogP contribution in [0.25, 0.3) is 44.7 Å². The van der Waals surface area contributed by atoms with E-state index in [1.807, 2.05) is 73.1 Å². The monoisotopic (exact) mass is 694 g/mol. The first-order chi connectivity index (χ1) is 25.5. The Labute approximate surface area is 302 Å². The van der Waals surface area contributed by atoms with Crippen molar-refractivity contribution in [1.82, 2.24) is 39.8 Å². The molecule has 8 rings (SSSR count). The molecular formula is C40H42N10O2. The molecule has 2 fully saturated rings. The van der Waals surface area contributed by atoms with Crippen molar-refractivity contribution in [2.24, 2.45) is 0 Å². The van der Waals surface area contributed by atoms with Crippen molar-refractivity contribution < 1.29 is 9.59 Å². The maximum atomic E-state index is 12.7. The number of nitrogens with one attached hydrogen (secondary N) is 2. The summed E-state index contributed by atoms with van der Waals surface area (Å²) in [7, 11) is 0. The molecule has 4 aromatic carbocycles. The third kappa shape index (κ3) is 7.93. The molecule has 12 nitrogen and oxygen atoms in total. The number of anilines is 2. The van der Waals surface area contributed by atoms with Gasteiger partial charge in [0.25, 0.3) is 0 Å². The predicted octanol–water partition coefficient (Wildman–Crippen LogP) is 6.18. The molecule has 2 aromatic heterocycles. The fourth-order valence-corrected chi connectivity index (χ4v) is 7.10. The highest BCUT2D eigenvalue weighted by molar-refractivity contribution is 5.93. The molecule has 2 N–H and O–H groups in total. The largest absolute Gasteiger partial charge is 0.325 e. The molecule has 0 saturated carbocycles. The highest BCUT2D eigenvalue weighted by Crippen LogP contribution is 2.28. The van der Waals surface area contributed by atoms with Crippen LogP contribution < -0.4 is 10.6 Å². The van der Waals surface area contributed by atoms with Crippen LogP contribution in [0.1, 0.15) is 38.5 Å². The molecule has 0 radical (unpaired) electrons. The zero-order valence-electron chi connectivity index (χ0n) is 29.1. The molecule has 264 valence electrons. The minimum Gasteiger partial charge on any atom is -0.325 e. The van der Waals surface area contributed by atoms with E-state index in [2.05, 4.69) is 65.3 Å². The van der Waals surface area contributed by atoms with Crippen molar-refractivity contribution in [1.29, 1.82) is 0 Å². The molecule has 52 heavy (non-hydrogen) atoms. The summed E-state index contributed by atoms with van der Waals surface area (Å²) in [5.74, 6) is -0.0102. The van der Waals surface area contributed by atoms with Crippen LogP contribution in [-0.2, 0) is 9.59 Å². The van der Waals surface area contributed by atoms with Crippen LogP contribution in [0.5, 0.6) is 0 Å². The first kappa shape index (κ1) is 33.4. The molecule has 2 saturated heterocycles. The third-order valence-corrected chi connectivity index (χ3v) is 9.84. The van der Waals surface area contributed by atoms with E-state index < -0.39 is 0 Å². The summed E-state index contributed by atoms with van der Waals surface area (Å²) < 4.78 is 3.45. The van der Waals surface area contributed by atoms with Crippen LogP contribution in [0.15, 0.2) is 97.3 Å². The molecule has 0 unspecified atom stereocenters. The van der Waals surface area contributed by atoms with Gasteiger partial charge in [-0.25, -0.2) is 9.36 Å². The standard InChI is InChI=1S/C40H42N10O2/c51-39(27-47-17-3-1-4-18-47)41-33-9-7-11-35(23-33)49-25-37(43-45-49)30-15-13-29-14-16-31(22-32(29)21-30)38-26-50(46-44-38)36-12-8-10-34(24-36)42-40(52)28-48-19-5-2-6-20-48/h7-16,21-26H,1-6,17-20,27-28H2,(H,41,51)(H,42,52). The Morgan fingerprint density at radius 3 is 1.46 bits per heavy atom. The van der Waals surface area contributed by atoms with Gasteiger partial charge in [0.05, 0.1) is 36.9 Å². The Bertz CT molecular complexity index is 2050. The van der Waals surface area contributed by atoms with Gasteiger partial charge in [-0.2, -0.15) is 0 Å². The lowest BCUT2D eigenvalue weighted by molar-refractivity contribution is -0.118. The highest BCUT2D eigenvalue weighted by Gasteiger charge is 2.16. The summed E-state index contributed by atoms with van der Waals surface area (Å²) in [6, 6.07) is 27.8. The van der Waals surface area contributed by atoms with Gasteiger partial charge < -0.3 is 10.6 Å². The summed E-state index contributed by atoms with van der Waals surface area (Å²) >= 11 is 0. The molecule has 0 bridgehead atoms. The Morgan fingerprint density at radius 1 is 0.538 bits per heavy atom. The maximum absolute atomic E-state index is 12.7. The number of likely N-dealkylation sites (tertiary alicyclic amines) is 2. The van der Waals surface area contributed by atoms with E-state index in [1.54, 1.807) is 9.36 Å². The second-order valence-corrected chi connectivity index (χ2v) is 13.7. The van der Waals surface area contributed by atoms with E-state index in [0.717, 1.165) is 108 Å². The summed E-state index contributed by atoms with van der Waals surface area (Å²) in [5.41, 5.74) is 6.43. The van der Waals surface area contributed by atoms with Crippen LogP contribution in [0.3, 0.4) is 0 Å². The third-order valence-electron chi connectivity index (χ3n) is 9.84. The van der Waals surface area contributed by atoms with E-state index >= 15 is 0 Å². The van der Waals surface area contributed by atoms with E-state index in [4.69, 9.17) is 0 Å². The number of hydrogen-bond donors (Lipinski definition) is 2. The topological polar surface area (TPSA) is 126 Å². The highest BCUT2D eigenvalue weighted by atomic mass is 16.2. The maximum Gasteiger partial charge on any atom is 0.238 e. The molecule has 12 heteroatoms. The molecule has 6 aromatic rings. The van der Waals surface area contributed by atoms with Crippen molar-refractivity contribution in [2.45, 2.75) is 38.5 Å². The number of fused-ring (bicyclic) bond motifs is 1. The molecule has 0 aliphatic carbocycles. The second kappa shape index (κ2) is 15.3. The average molecular weight is 695 g/mol. The first-order valence-electron chi connectivity index (χ1n) is 18.2. The normalized spacial score (nSPS) is 15.5. The molecular weight excluding hydrogens is 653 g/mol. The fourth-order valence-electron chi connectivity index (χ4n) is 7.10. The average Bonchev–Trinajstić information content (AvgIpc) is 3.87. The minimum atomic E-state index is -0.00511. The number of hydrogen-bond acceptors (Lipinski definition) is 8. The first-order valence-corrected chi connectivity index (χ1v) is 18.2. The molecule has 0 atom stereocenters. The Morgan fingerprint density at radius 2 is 1.00 bits per heavy atom. The molecule has 2 aliphatic heterocycles. The number of carbonyl (C=O) groups excluding carboxylic acids is 2. The molecule has 0 spiro atoms. The van der Waals surface area contributed by atoms with Gasteiger partial charge in [-0.05, 0) is 111 Å². The summed E-state index contributed by atoms with van der Waals surface area (Å²) in [4.78, 5) is 29.8. The summed E-state index contributed by atoms with van der Waals surface area (Å²) in [6.07, 6.45) is 10.9. The van der Waals surface area contributed by atoms with Crippen molar-refractivity contribution in [3.63, 3.8) is 0 Å². The smallest absolute Gasteiger partial charge is 0.238 e. The van der Waals surface area contributed by atoms with Crippen molar-refractivity contribution in [3.8, 4) is 33.9 Å². The van der Waals surface area contributed by atoms with Crippen molar-refractivity contribution in [3.05, 3.63) is 97.3 Å². The Balaban J connectivity index is 0.949. The number of amides is 2. The lowest BCUT2D eigenvalue weighted by Gasteiger charge is -2.25. The lowest BCUT2D eigenvalue weighted by atomic mass is 10.0. The van der Waals surface area contributed by atoms with Crippen LogP contribution in [0.4, 0.5) is 11.4 Å². The zero-order valence-corrected chi connectivity index (χ0v) is 29.1. The number of carbonyl (C=O) groups is 2. The summed E-state index contributed by atoms with van der Waals surface area (Å²) in [6.45, 7) is 4.73. The van der Waals surface area contributed by atoms with Gasteiger partial charge in [0.2, 0.25) is 11.8 Å². The van der Waals surface area contributed by atoms with Crippen LogP contribution in [0.2, 0.25) is 0 Å². The van der Waals surface area contributed by atoms with E-state index in [0.29, 0.717) is 13.1 Å². The van der Waals surface area contributed by atoms with E-state index in [-0.39, 0.29) is 11.8 Å². The lowest BCUT2D eigenvalue weighted by Crippen LogP contribution is -2.36. The SMILES string of the molecule is O=C(CN1CCCCC1)Nc1cccc(-n2cc(-c3ccc4ccc(-c5cn(-c6cccc(NC(=O)CN7CCCCC7)c6)nn5)cc4c3)nn2)c1. The van der Waals surface area contributed by atoms with Crippen molar-refractivity contribution in [2.75, 3.05) is 49.9 Å². The molecule has 2 amide bonds. The van der Waals surface area contributed by atoms with Gasteiger partial charge in [-0.3, -0.25) is 19.4 Å². The second-order valence-electron chi connectivity index (χ2n) is 13.7. The quantitative estimate of drug-likeness (QED) is 0.174. The number of benzene rings is 4. The number of rotatable bonds is 10.